The number of nitrogens with one attached hydrogen (secondary N) is 1. The fraction of sp³-hybridized carbons (Fsp3) is 0. The summed E-state index contributed by atoms with van der Waals surface area (Å²) in [4.78, 5) is 26.3. The molecule has 0 radical (unpaired) electrons. The normalized spacial score (nSPS) is 10.2. The maximum absolute atomic E-state index is 11.9. The van der Waals surface area contributed by atoms with Crippen molar-refractivity contribution in [2.24, 2.45) is 0 Å². The van der Waals surface area contributed by atoms with E-state index in [2.05, 4.69) is 26.2 Å². The van der Waals surface area contributed by atoms with Crippen LogP contribution in [-0.4, -0.2) is 15.8 Å². The number of pyridine rings is 1. The van der Waals surface area contributed by atoms with Gasteiger partial charge in [-0.05, 0) is 33.4 Å². The molecule has 0 unspecified atom stereocenters. The molecule has 2 rings (SSSR count). The quantitative estimate of drug-likeness (QED) is 0.512. The van der Waals surface area contributed by atoms with Crippen LogP contribution in [0, 0.1) is 10.1 Å². The first-order valence-electron chi connectivity index (χ1n) is 4.84. The minimum atomic E-state index is -0.636. The van der Waals surface area contributed by atoms with Gasteiger partial charge in [-0.1, -0.05) is 11.6 Å². The highest BCUT2D eigenvalue weighted by Crippen LogP contribution is 2.27. The third kappa shape index (κ3) is 3.09. The Morgan fingerprint density at radius 3 is 2.79 bits per heavy atom. The van der Waals surface area contributed by atoms with Gasteiger partial charge < -0.3 is 0 Å². The molecule has 0 fully saturated rings. The van der Waals surface area contributed by atoms with Crippen LogP contribution in [0.15, 0.2) is 28.1 Å². The SMILES string of the molecule is O=C(Nc1nc(Cl)ccc1[N+](=O)[O-])c1sccc1Br. The molecule has 0 aromatic carbocycles. The average Bonchev–Trinajstić information content (AvgIpc) is 2.75. The van der Waals surface area contributed by atoms with Gasteiger partial charge in [-0.3, -0.25) is 20.2 Å². The maximum Gasteiger partial charge on any atom is 0.311 e. The zero-order valence-electron chi connectivity index (χ0n) is 9.09. The molecule has 0 spiro atoms. The number of hydrogen-bond donors (Lipinski definition) is 1. The van der Waals surface area contributed by atoms with Gasteiger partial charge in [0.05, 0.1) is 4.92 Å². The molecule has 2 heterocycles. The van der Waals surface area contributed by atoms with E-state index in [1.807, 2.05) is 0 Å². The molecule has 0 bridgehead atoms. The van der Waals surface area contributed by atoms with E-state index >= 15 is 0 Å². The molecular weight excluding hydrogens is 358 g/mol. The van der Waals surface area contributed by atoms with Crippen molar-refractivity contribution in [2.75, 3.05) is 5.32 Å². The van der Waals surface area contributed by atoms with E-state index in [9.17, 15) is 14.9 Å². The van der Waals surface area contributed by atoms with Crippen LogP contribution in [0.3, 0.4) is 0 Å². The Kier molecular flexibility index (Phi) is 4.13. The van der Waals surface area contributed by atoms with Gasteiger partial charge in [0, 0.05) is 10.5 Å². The van der Waals surface area contributed by atoms with E-state index in [1.165, 1.54) is 23.5 Å². The standard InChI is InChI=1S/C10H5BrClN3O3S/c11-5-3-4-19-8(5)10(16)14-9-6(15(17)18)1-2-7(12)13-9/h1-4H,(H,13,14,16). The number of hydrogen-bond acceptors (Lipinski definition) is 5. The number of aromatic nitrogens is 1. The fourth-order valence-electron chi connectivity index (χ4n) is 1.29. The summed E-state index contributed by atoms with van der Waals surface area (Å²) in [6.07, 6.45) is 0. The van der Waals surface area contributed by atoms with E-state index in [4.69, 9.17) is 11.6 Å². The Morgan fingerprint density at radius 2 is 2.21 bits per heavy atom. The van der Waals surface area contributed by atoms with Crippen LogP contribution in [-0.2, 0) is 0 Å². The van der Waals surface area contributed by atoms with Crippen molar-refractivity contribution in [3.05, 3.63) is 48.2 Å². The highest BCUT2D eigenvalue weighted by atomic mass is 79.9. The Labute approximate surface area is 124 Å². The summed E-state index contributed by atoms with van der Waals surface area (Å²) in [5.74, 6) is -0.664. The van der Waals surface area contributed by atoms with E-state index in [0.717, 1.165) is 0 Å². The van der Waals surface area contributed by atoms with Gasteiger partial charge in [0.15, 0.2) is 0 Å². The predicted molar refractivity (Wildman–Crippen MR) is 75.9 cm³/mol. The van der Waals surface area contributed by atoms with Crippen LogP contribution < -0.4 is 5.32 Å². The number of rotatable bonds is 3. The molecule has 2 aromatic heterocycles. The minimum absolute atomic E-state index is 0.0612. The molecule has 0 aliphatic carbocycles. The van der Waals surface area contributed by atoms with Crippen LogP contribution in [0.1, 0.15) is 9.67 Å². The lowest BCUT2D eigenvalue weighted by Gasteiger charge is -2.04. The van der Waals surface area contributed by atoms with Crippen LogP contribution in [0.5, 0.6) is 0 Å². The summed E-state index contributed by atoms with van der Waals surface area (Å²) in [5, 5.41) is 15.0. The molecule has 9 heteroatoms. The van der Waals surface area contributed by atoms with Gasteiger partial charge in [0.1, 0.15) is 10.0 Å². The lowest BCUT2D eigenvalue weighted by atomic mass is 10.3. The number of nitrogens with zero attached hydrogens (tertiary/aromatic N) is 2. The summed E-state index contributed by atoms with van der Waals surface area (Å²) in [6, 6.07) is 4.18. The van der Waals surface area contributed by atoms with Crippen molar-refractivity contribution in [2.45, 2.75) is 0 Å². The third-order valence-electron chi connectivity index (χ3n) is 2.09. The van der Waals surface area contributed by atoms with Gasteiger partial charge >= 0.3 is 5.69 Å². The number of thiophene rings is 1. The minimum Gasteiger partial charge on any atom is -0.300 e. The molecule has 19 heavy (non-hydrogen) atoms. The zero-order valence-corrected chi connectivity index (χ0v) is 12.3. The van der Waals surface area contributed by atoms with Crippen molar-refractivity contribution in [1.29, 1.82) is 0 Å². The largest absolute Gasteiger partial charge is 0.311 e. The molecule has 2 aromatic rings. The first kappa shape index (κ1) is 13.9. The molecule has 6 nitrogen and oxygen atoms in total. The van der Waals surface area contributed by atoms with Crippen molar-refractivity contribution >= 4 is 56.3 Å². The van der Waals surface area contributed by atoms with Crippen LogP contribution in [0.25, 0.3) is 0 Å². The van der Waals surface area contributed by atoms with Gasteiger partial charge in [-0.25, -0.2) is 4.98 Å². The third-order valence-corrected chi connectivity index (χ3v) is 4.14. The second kappa shape index (κ2) is 5.64. The molecular formula is C10H5BrClN3O3S. The predicted octanol–water partition coefficient (Wildman–Crippen LogP) is 3.72. The molecule has 0 saturated heterocycles. The number of anilines is 1. The maximum atomic E-state index is 11.9. The van der Waals surface area contributed by atoms with Gasteiger partial charge in [-0.2, -0.15) is 0 Å². The van der Waals surface area contributed by atoms with Crippen molar-refractivity contribution < 1.29 is 9.72 Å². The summed E-state index contributed by atoms with van der Waals surface area (Å²) < 4.78 is 0.611. The van der Waals surface area contributed by atoms with Gasteiger partial charge in [-0.15, -0.1) is 11.3 Å². The van der Waals surface area contributed by atoms with Gasteiger partial charge in [0.25, 0.3) is 5.91 Å². The summed E-state index contributed by atoms with van der Waals surface area (Å²) in [6.45, 7) is 0. The van der Waals surface area contributed by atoms with Crippen LogP contribution in [0.4, 0.5) is 11.5 Å². The molecule has 1 amide bonds. The second-order valence-corrected chi connectivity index (χ2v) is 5.47. The lowest BCUT2D eigenvalue weighted by molar-refractivity contribution is -0.384. The Balaban J connectivity index is 2.33. The Bertz CT molecular complexity index is 661. The monoisotopic (exact) mass is 361 g/mol. The molecule has 98 valence electrons. The highest BCUT2D eigenvalue weighted by molar-refractivity contribution is 9.10. The smallest absolute Gasteiger partial charge is 0.300 e. The van der Waals surface area contributed by atoms with Crippen molar-refractivity contribution in [3.8, 4) is 0 Å². The molecule has 0 saturated carbocycles. The average molecular weight is 363 g/mol. The van der Waals surface area contributed by atoms with E-state index in [1.54, 1.807) is 11.4 Å². The van der Waals surface area contributed by atoms with E-state index in [0.29, 0.717) is 9.35 Å². The summed E-state index contributed by atoms with van der Waals surface area (Å²) in [5.41, 5.74) is -0.314. The number of amides is 1. The second-order valence-electron chi connectivity index (χ2n) is 3.31. The molecule has 1 N–H and O–H groups in total. The fourth-order valence-corrected chi connectivity index (χ4v) is 2.88. The van der Waals surface area contributed by atoms with E-state index in [-0.39, 0.29) is 16.7 Å². The first-order chi connectivity index (χ1) is 8.99. The Morgan fingerprint density at radius 1 is 1.47 bits per heavy atom. The number of nitro groups is 1. The number of carbonyl (C=O) groups is 1. The zero-order chi connectivity index (χ0) is 14.0. The lowest BCUT2D eigenvalue weighted by Crippen LogP contribution is -2.13. The van der Waals surface area contributed by atoms with Crippen molar-refractivity contribution in [1.82, 2.24) is 4.98 Å². The summed E-state index contributed by atoms with van der Waals surface area (Å²) >= 11 is 10.1. The molecule has 0 aliphatic heterocycles. The Hall–Kier alpha value is -1.51. The number of carbonyl (C=O) groups excluding carboxylic acids is 1. The molecule has 0 aliphatic rings. The molecule has 0 atom stereocenters. The highest BCUT2D eigenvalue weighted by Gasteiger charge is 2.20. The topological polar surface area (TPSA) is 85.1 Å². The van der Waals surface area contributed by atoms with Crippen LogP contribution in [0.2, 0.25) is 5.15 Å². The summed E-state index contributed by atoms with van der Waals surface area (Å²) in [7, 11) is 0. The van der Waals surface area contributed by atoms with E-state index < -0.39 is 10.8 Å². The first-order valence-corrected chi connectivity index (χ1v) is 6.89. The van der Waals surface area contributed by atoms with Crippen LogP contribution >= 0.6 is 38.9 Å². The van der Waals surface area contributed by atoms with Crippen molar-refractivity contribution in [3.63, 3.8) is 0 Å². The number of halogens is 2. The van der Waals surface area contributed by atoms with Gasteiger partial charge in [0.2, 0.25) is 5.82 Å².